The number of carbonyl (C=O) groups excluding carboxylic acids is 2. The maximum Gasteiger partial charge on any atom is 0.280 e. The summed E-state index contributed by atoms with van der Waals surface area (Å²) < 4.78 is 25.3. The van der Waals surface area contributed by atoms with Crippen molar-refractivity contribution in [2.75, 3.05) is 6.54 Å². The molecule has 2 heterocycles. The van der Waals surface area contributed by atoms with Crippen molar-refractivity contribution in [1.82, 2.24) is 20.2 Å². The van der Waals surface area contributed by atoms with Gasteiger partial charge in [-0.25, -0.2) is 18.7 Å². The summed E-state index contributed by atoms with van der Waals surface area (Å²) in [6.07, 6.45) is 3.92. The lowest BCUT2D eigenvalue weighted by atomic mass is 9.94. The third-order valence-corrected chi connectivity index (χ3v) is 4.65. The molecule has 1 saturated carbocycles. The van der Waals surface area contributed by atoms with Gasteiger partial charge in [0.05, 0.1) is 6.04 Å². The number of hydrogen-bond donors (Lipinski definition) is 1. The van der Waals surface area contributed by atoms with Crippen LogP contribution in [0, 0.1) is 0 Å². The number of halogens is 2. The fraction of sp³-hybridized carbons (Fsp3) is 0.625. The highest BCUT2D eigenvalue weighted by Crippen LogP contribution is 2.26. The molecule has 1 N–H and O–H groups in total. The van der Waals surface area contributed by atoms with Crippen LogP contribution in [0.2, 0.25) is 0 Å². The van der Waals surface area contributed by atoms with Gasteiger partial charge in [0.1, 0.15) is 17.7 Å². The predicted octanol–water partition coefficient (Wildman–Crippen LogP) is 2.08. The van der Waals surface area contributed by atoms with Gasteiger partial charge in [0.15, 0.2) is 0 Å². The van der Waals surface area contributed by atoms with Gasteiger partial charge in [0, 0.05) is 19.0 Å². The molecule has 24 heavy (non-hydrogen) atoms. The van der Waals surface area contributed by atoms with Crippen molar-refractivity contribution in [2.45, 2.75) is 57.0 Å². The van der Waals surface area contributed by atoms with Crippen LogP contribution < -0.4 is 5.32 Å². The number of amides is 2. The second-order valence-corrected chi connectivity index (χ2v) is 6.34. The summed E-state index contributed by atoms with van der Waals surface area (Å²) in [5.41, 5.74) is -0.592. The molecule has 0 radical (unpaired) electrons. The Balaban J connectivity index is 1.61. The van der Waals surface area contributed by atoms with Crippen LogP contribution in [0.25, 0.3) is 0 Å². The molecule has 1 aliphatic carbocycles. The first-order chi connectivity index (χ1) is 11.5. The highest BCUT2D eigenvalue weighted by Gasteiger charge is 2.35. The number of carbonyl (C=O) groups is 2. The molecule has 0 aromatic carbocycles. The molecular formula is C16H20F2N4O2. The normalized spacial score (nSPS) is 22.2. The van der Waals surface area contributed by atoms with Crippen LogP contribution >= 0.6 is 0 Å². The quantitative estimate of drug-likeness (QED) is 0.912. The summed E-state index contributed by atoms with van der Waals surface area (Å²) in [4.78, 5) is 33.4. The molecule has 1 atom stereocenters. The van der Waals surface area contributed by atoms with E-state index in [0.29, 0.717) is 6.54 Å². The van der Waals surface area contributed by atoms with Crippen molar-refractivity contribution in [3.05, 3.63) is 23.8 Å². The van der Waals surface area contributed by atoms with Gasteiger partial charge in [-0.1, -0.05) is 19.3 Å². The molecule has 130 valence electrons. The van der Waals surface area contributed by atoms with Crippen LogP contribution in [0.3, 0.4) is 0 Å². The Bertz CT molecular complexity index is 620. The van der Waals surface area contributed by atoms with Crippen molar-refractivity contribution in [1.29, 1.82) is 0 Å². The maximum absolute atomic E-state index is 12.7. The van der Waals surface area contributed by atoms with E-state index in [1.165, 1.54) is 6.42 Å². The van der Waals surface area contributed by atoms with E-state index in [4.69, 9.17) is 0 Å². The van der Waals surface area contributed by atoms with Gasteiger partial charge in [-0.2, -0.15) is 0 Å². The molecule has 0 spiro atoms. The minimum atomic E-state index is -2.76. The molecule has 1 aromatic rings. The molecular weight excluding hydrogens is 318 g/mol. The first-order valence-electron chi connectivity index (χ1n) is 8.25. The van der Waals surface area contributed by atoms with Crippen molar-refractivity contribution < 1.29 is 18.4 Å². The fourth-order valence-electron chi connectivity index (χ4n) is 3.45. The average molecular weight is 338 g/mol. The third-order valence-electron chi connectivity index (χ3n) is 4.65. The zero-order valence-corrected chi connectivity index (χ0v) is 13.3. The van der Waals surface area contributed by atoms with Crippen LogP contribution in [-0.4, -0.2) is 45.3 Å². The van der Waals surface area contributed by atoms with Crippen LogP contribution in [0.4, 0.5) is 8.78 Å². The van der Waals surface area contributed by atoms with Crippen LogP contribution in [0.15, 0.2) is 12.4 Å². The monoisotopic (exact) mass is 338 g/mol. The van der Waals surface area contributed by atoms with Crippen molar-refractivity contribution in [2.24, 2.45) is 0 Å². The lowest BCUT2D eigenvalue weighted by Gasteiger charge is -2.31. The van der Waals surface area contributed by atoms with Gasteiger partial charge in [0.2, 0.25) is 5.91 Å². The van der Waals surface area contributed by atoms with Gasteiger partial charge in [-0.05, 0) is 18.9 Å². The zero-order chi connectivity index (χ0) is 17.1. The first kappa shape index (κ1) is 16.7. The smallest absolute Gasteiger partial charge is 0.280 e. The number of rotatable bonds is 4. The lowest BCUT2D eigenvalue weighted by Crippen LogP contribution is -2.41. The lowest BCUT2D eigenvalue weighted by molar-refractivity contribution is -0.130. The van der Waals surface area contributed by atoms with E-state index in [9.17, 15) is 18.4 Å². The van der Waals surface area contributed by atoms with E-state index in [-0.39, 0.29) is 30.1 Å². The Morgan fingerprint density at radius 3 is 2.71 bits per heavy atom. The summed E-state index contributed by atoms with van der Waals surface area (Å²) in [6.45, 7) is 0.474. The second-order valence-electron chi connectivity index (χ2n) is 6.34. The van der Waals surface area contributed by atoms with E-state index >= 15 is 0 Å². The van der Waals surface area contributed by atoms with Gasteiger partial charge in [0.25, 0.3) is 12.3 Å². The van der Waals surface area contributed by atoms with Crippen LogP contribution in [-0.2, 0) is 4.79 Å². The minimum absolute atomic E-state index is 0.0446. The molecule has 2 aliphatic rings. The Labute approximate surface area is 138 Å². The van der Waals surface area contributed by atoms with Gasteiger partial charge in [-0.3, -0.25) is 9.59 Å². The van der Waals surface area contributed by atoms with Gasteiger partial charge < -0.3 is 10.2 Å². The van der Waals surface area contributed by atoms with Crippen molar-refractivity contribution in [3.8, 4) is 0 Å². The average Bonchev–Trinajstić information content (AvgIpc) is 2.96. The van der Waals surface area contributed by atoms with E-state index in [2.05, 4.69) is 15.3 Å². The zero-order valence-electron chi connectivity index (χ0n) is 13.3. The first-order valence-corrected chi connectivity index (χ1v) is 8.25. The molecule has 1 aromatic heterocycles. The standard InChI is InChI=1S/C16H20F2N4O2/c17-15(18)12-7-13(20-9-19-12)16(24)21-10-6-14(23)22(8-10)11-4-2-1-3-5-11/h7,9-11,15H,1-6,8H2,(H,21,24). The van der Waals surface area contributed by atoms with E-state index in [1.807, 2.05) is 4.90 Å². The maximum atomic E-state index is 12.7. The molecule has 1 unspecified atom stereocenters. The molecule has 0 bridgehead atoms. The Morgan fingerprint density at radius 1 is 1.25 bits per heavy atom. The SMILES string of the molecule is O=C(NC1CC(=O)N(C2CCCCC2)C1)c1cc(C(F)F)ncn1. The predicted molar refractivity (Wildman–Crippen MR) is 81.4 cm³/mol. The molecule has 2 fully saturated rings. The third kappa shape index (κ3) is 3.68. The molecule has 6 nitrogen and oxygen atoms in total. The number of nitrogens with zero attached hydrogens (tertiary/aromatic N) is 3. The Hall–Kier alpha value is -2.12. The van der Waals surface area contributed by atoms with Crippen molar-refractivity contribution in [3.63, 3.8) is 0 Å². The molecule has 8 heteroatoms. The number of hydrogen-bond acceptors (Lipinski definition) is 4. The fourth-order valence-corrected chi connectivity index (χ4v) is 3.45. The largest absolute Gasteiger partial charge is 0.346 e. The van der Waals surface area contributed by atoms with Crippen LogP contribution in [0.1, 0.15) is 61.1 Å². The second kappa shape index (κ2) is 7.19. The highest BCUT2D eigenvalue weighted by atomic mass is 19.3. The highest BCUT2D eigenvalue weighted by molar-refractivity contribution is 5.93. The summed E-state index contributed by atoms with van der Waals surface area (Å²) >= 11 is 0. The molecule has 3 rings (SSSR count). The molecule has 1 aliphatic heterocycles. The molecule has 1 saturated heterocycles. The van der Waals surface area contributed by atoms with Crippen LogP contribution in [0.5, 0.6) is 0 Å². The molecule has 2 amide bonds. The topological polar surface area (TPSA) is 75.2 Å². The Kier molecular flexibility index (Phi) is 5.01. The number of aromatic nitrogens is 2. The number of alkyl halides is 2. The van der Waals surface area contributed by atoms with Gasteiger partial charge >= 0.3 is 0 Å². The van der Waals surface area contributed by atoms with Crippen molar-refractivity contribution >= 4 is 11.8 Å². The summed E-state index contributed by atoms with van der Waals surface area (Å²) in [7, 11) is 0. The van der Waals surface area contributed by atoms with E-state index in [0.717, 1.165) is 38.1 Å². The summed E-state index contributed by atoms with van der Waals surface area (Å²) in [5, 5.41) is 2.72. The summed E-state index contributed by atoms with van der Waals surface area (Å²) in [5.74, 6) is -0.509. The van der Waals surface area contributed by atoms with E-state index in [1.54, 1.807) is 0 Å². The Morgan fingerprint density at radius 2 is 2.00 bits per heavy atom. The summed E-state index contributed by atoms with van der Waals surface area (Å²) in [6, 6.07) is 0.935. The van der Waals surface area contributed by atoms with Gasteiger partial charge in [-0.15, -0.1) is 0 Å². The van der Waals surface area contributed by atoms with E-state index < -0.39 is 18.0 Å². The number of likely N-dealkylation sites (tertiary alicyclic amines) is 1. The minimum Gasteiger partial charge on any atom is -0.346 e. The number of nitrogens with one attached hydrogen (secondary N) is 1.